The summed E-state index contributed by atoms with van der Waals surface area (Å²) in [5, 5.41) is 1.91. The van der Waals surface area contributed by atoms with Crippen LogP contribution >= 0.6 is 11.6 Å². The molecule has 15 heavy (non-hydrogen) atoms. The highest BCUT2D eigenvalue weighted by atomic mass is 35.5. The lowest BCUT2D eigenvalue weighted by atomic mass is 10.1. The number of hydrogen-bond acceptors (Lipinski definition) is 1. The lowest BCUT2D eigenvalue weighted by molar-refractivity contribution is 0.626. The van der Waals surface area contributed by atoms with Crippen LogP contribution in [0.2, 0.25) is 5.02 Å². The molecule has 0 spiro atoms. The molecule has 0 saturated heterocycles. The molecular weight excluding hydrogens is 215 g/mol. The van der Waals surface area contributed by atoms with E-state index in [1.165, 1.54) is 12.1 Å². The maximum Gasteiger partial charge on any atom is 0.154 e. The Hall–Kier alpha value is -1.54. The summed E-state index contributed by atoms with van der Waals surface area (Å²) in [5.41, 5.74) is 1.26. The molecule has 74 valence electrons. The first kappa shape index (κ1) is 8.74. The number of halogens is 2. The van der Waals surface area contributed by atoms with Gasteiger partial charge in [-0.2, -0.15) is 0 Å². The summed E-state index contributed by atoms with van der Waals surface area (Å²) in [6.07, 6.45) is 0. The Morgan fingerprint density at radius 2 is 1.87 bits per heavy atom. The number of rotatable bonds is 0. The van der Waals surface area contributed by atoms with E-state index in [1.807, 2.05) is 24.3 Å². The molecule has 0 radical (unpaired) electrons. The van der Waals surface area contributed by atoms with Crippen LogP contribution in [0.1, 0.15) is 0 Å². The zero-order valence-electron chi connectivity index (χ0n) is 7.63. The highest BCUT2D eigenvalue weighted by Gasteiger charge is 2.10. The summed E-state index contributed by atoms with van der Waals surface area (Å²) >= 11 is 5.90. The predicted octanol–water partition coefficient (Wildman–Crippen LogP) is 4.38. The Kier molecular flexibility index (Phi) is 1.73. The normalized spacial score (nSPS) is 11.3. The maximum atomic E-state index is 13.2. The molecule has 3 rings (SSSR count). The first-order valence-electron chi connectivity index (χ1n) is 4.52. The summed E-state index contributed by atoms with van der Waals surface area (Å²) in [4.78, 5) is 0. The molecule has 1 heterocycles. The highest BCUT2D eigenvalue weighted by Crippen LogP contribution is 2.33. The molecule has 0 amide bonds. The molecule has 2 aromatic carbocycles. The molecule has 3 aromatic rings. The van der Waals surface area contributed by atoms with E-state index in [-0.39, 0.29) is 5.82 Å². The minimum atomic E-state index is -0.348. The van der Waals surface area contributed by atoms with Crippen molar-refractivity contribution in [2.75, 3.05) is 0 Å². The molecule has 1 nitrogen and oxygen atoms in total. The Morgan fingerprint density at radius 3 is 2.73 bits per heavy atom. The quantitative estimate of drug-likeness (QED) is 0.548. The van der Waals surface area contributed by atoms with E-state index in [4.69, 9.17) is 16.0 Å². The lowest BCUT2D eigenvalue weighted by Crippen LogP contribution is -1.74. The van der Waals surface area contributed by atoms with Gasteiger partial charge >= 0.3 is 0 Å². The van der Waals surface area contributed by atoms with Crippen molar-refractivity contribution in [3.63, 3.8) is 0 Å². The van der Waals surface area contributed by atoms with Gasteiger partial charge in [-0.3, -0.25) is 0 Å². The van der Waals surface area contributed by atoms with Crippen LogP contribution < -0.4 is 0 Å². The van der Waals surface area contributed by atoms with Gasteiger partial charge < -0.3 is 4.42 Å². The van der Waals surface area contributed by atoms with Crippen molar-refractivity contribution in [2.45, 2.75) is 0 Å². The zero-order chi connectivity index (χ0) is 10.4. The van der Waals surface area contributed by atoms with Gasteiger partial charge in [0, 0.05) is 10.8 Å². The summed E-state index contributed by atoms with van der Waals surface area (Å²) < 4.78 is 18.7. The number of para-hydroxylation sites is 1. The largest absolute Gasteiger partial charge is 0.454 e. The van der Waals surface area contributed by atoms with E-state index in [2.05, 4.69) is 0 Å². The SMILES string of the molecule is Fc1cc(Cl)c2oc3ccccc3c2c1. The van der Waals surface area contributed by atoms with Crippen LogP contribution in [-0.2, 0) is 0 Å². The zero-order valence-corrected chi connectivity index (χ0v) is 8.38. The van der Waals surface area contributed by atoms with Crippen LogP contribution in [0.4, 0.5) is 4.39 Å². The van der Waals surface area contributed by atoms with E-state index in [0.29, 0.717) is 10.6 Å². The Balaban J connectivity index is 2.61. The Labute approximate surface area is 90.1 Å². The summed E-state index contributed by atoms with van der Waals surface area (Å²) in [7, 11) is 0. The third-order valence-corrected chi connectivity index (χ3v) is 2.68. The van der Waals surface area contributed by atoms with Crippen LogP contribution in [0, 0.1) is 5.82 Å². The fourth-order valence-electron chi connectivity index (χ4n) is 1.75. The van der Waals surface area contributed by atoms with E-state index >= 15 is 0 Å². The predicted molar refractivity (Wildman–Crippen MR) is 58.7 cm³/mol. The first-order valence-corrected chi connectivity index (χ1v) is 4.90. The van der Waals surface area contributed by atoms with Crippen molar-refractivity contribution in [2.24, 2.45) is 0 Å². The molecule has 0 saturated carbocycles. The van der Waals surface area contributed by atoms with Crippen LogP contribution in [-0.4, -0.2) is 0 Å². The molecule has 1 aromatic heterocycles. The maximum absolute atomic E-state index is 13.2. The lowest BCUT2D eigenvalue weighted by Gasteiger charge is -1.92. The van der Waals surface area contributed by atoms with Gasteiger partial charge in [0.05, 0.1) is 5.02 Å². The van der Waals surface area contributed by atoms with Crippen molar-refractivity contribution in [1.82, 2.24) is 0 Å². The van der Waals surface area contributed by atoms with Crippen molar-refractivity contribution >= 4 is 33.5 Å². The second-order valence-electron chi connectivity index (χ2n) is 3.36. The van der Waals surface area contributed by atoms with Gasteiger partial charge in [0.15, 0.2) is 5.58 Å². The van der Waals surface area contributed by atoms with Gasteiger partial charge in [-0.05, 0) is 18.2 Å². The fraction of sp³-hybridized carbons (Fsp3) is 0. The van der Waals surface area contributed by atoms with Gasteiger partial charge in [0.25, 0.3) is 0 Å². The molecule has 0 N–H and O–H groups in total. The third kappa shape index (κ3) is 1.22. The standard InChI is InChI=1S/C12H6ClFO/c13-10-6-7(14)5-9-8-3-1-2-4-11(8)15-12(9)10/h1-6H. The average molecular weight is 221 g/mol. The molecular formula is C12H6ClFO. The van der Waals surface area contributed by atoms with E-state index < -0.39 is 0 Å². The first-order chi connectivity index (χ1) is 7.25. The van der Waals surface area contributed by atoms with Crippen molar-refractivity contribution < 1.29 is 8.81 Å². The van der Waals surface area contributed by atoms with Gasteiger partial charge in [0.1, 0.15) is 11.4 Å². The molecule has 0 atom stereocenters. The number of furan rings is 1. The van der Waals surface area contributed by atoms with Gasteiger partial charge in [0.2, 0.25) is 0 Å². The summed E-state index contributed by atoms with van der Waals surface area (Å²) in [6, 6.07) is 10.2. The Bertz CT molecular complexity index is 657. The number of benzene rings is 2. The number of fused-ring (bicyclic) bond motifs is 3. The van der Waals surface area contributed by atoms with Crippen molar-refractivity contribution in [3.8, 4) is 0 Å². The smallest absolute Gasteiger partial charge is 0.154 e. The van der Waals surface area contributed by atoms with E-state index in [0.717, 1.165) is 16.4 Å². The molecule has 3 heteroatoms. The third-order valence-electron chi connectivity index (χ3n) is 2.40. The van der Waals surface area contributed by atoms with Gasteiger partial charge in [-0.15, -0.1) is 0 Å². The van der Waals surface area contributed by atoms with Crippen LogP contribution in [0.5, 0.6) is 0 Å². The Morgan fingerprint density at radius 1 is 1.07 bits per heavy atom. The molecule has 0 aliphatic carbocycles. The van der Waals surface area contributed by atoms with Crippen molar-refractivity contribution in [3.05, 3.63) is 47.2 Å². The van der Waals surface area contributed by atoms with E-state index in [9.17, 15) is 4.39 Å². The second kappa shape index (κ2) is 2.97. The fourth-order valence-corrected chi connectivity index (χ4v) is 2.00. The minimum Gasteiger partial charge on any atom is -0.454 e. The monoisotopic (exact) mass is 220 g/mol. The molecule has 0 fully saturated rings. The van der Waals surface area contributed by atoms with Crippen LogP contribution in [0.3, 0.4) is 0 Å². The summed E-state index contributed by atoms with van der Waals surface area (Å²) in [6.45, 7) is 0. The number of hydrogen-bond donors (Lipinski definition) is 0. The van der Waals surface area contributed by atoms with E-state index in [1.54, 1.807) is 0 Å². The van der Waals surface area contributed by atoms with Crippen LogP contribution in [0.25, 0.3) is 21.9 Å². The second-order valence-corrected chi connectivity index (χ2v) is 3.77. The van der Waals surface area contributed by atoms with Crippen LogP contribution in [0.15, 0.2) is 40.8 Å². The molecule has 0 bridgehead atoms. The average Bonchev–Trinajstić information content (AvgIpc) is 2.57. The molecule has 0 aliphatic heterocycles. The van der Waals surface area contributed by atoms with Gasteiger partial charge in [-0.1, -0.05) is 29.8 Å². The summed E-state index contributed by atoms with van der Waals surface area (Å²) in [5.74, 6) is -0.348. The molecule has 0 unspecified atom stereocenters. The molecule has 0 aliphatic rings. The van der Waals surface area contributed by atoms with Crippen molar-refractivity contribution in [1.29, 1.82) is 0 Å². The minimum absolute atomic E-state index is 0.307. The highest BCUT2D eigenvalue weighted by molar-refractivity contribution is 6.35. The van der Waals surface area contributed by atoms with Gasteiger partial charge in [-0.25, -0.2) is 4.39 Å². The topological polar surface area (TPSA) is 13.1 Å².